The van der Waals surface area contributed by atoms with E-state index >= 15 is 0 Å². The SMILES string of the molecule is [C-]#[N+]CC1CN(c2nc(OC[C@]3(C)CCCN3C(=O)OC(C)(C)C)nc3c2CCN(c2cccc4ccccc24)C3)CCN1C(=O)OCc1ccccc1. The van der Waals surface area contributed by atoms with E-state index < -0.39 is 17.2 Å². The molecule has 0 aliphatic carbocycles. The zero-order valence-electron chi connectivity index (χ0n) is 31.7. The minimum Gasteiger partial charge on any atom is -0.461 e. The van der Waals surface area contributed by atoms with E-state index in [0.29, 0.717) is 39.1 Å². The molecule has 0 saturated carbocycles. The molecule has 4 heterocycles. The highest BCUT2D eigenvalue weighted by Crippen LogP contribution is 2.36. The van der Waals surface area contributed by atoms with Gasteiger partial charge in [0.25, 0.3) is 0 Å². The van der Waals surface area contributed by atoms with Crippen LogP contribution in [0.2, 0.25) is 0 Å². The van der Waals surface area contributed by atoms with E-state index in [1.54, 1.807) is 9.80 Å². The number of rotatable bonds is 8. The fraction of sp³-hybridized carbons (Fsp3) is 0.452. The van der Waals surface area contributed by atoms with E-state index in [1.807, 2.05) is 58.0 Å². The summed E-state index contributed by atoms with van der Waals surface area (Å²) in [5.74, 6) is 0.764. The average molecular weight is 732 g/mol. The molecule has 1 unspecified atom stereocenters. The smallest absolute Gasteiger partial charge is 0.410 e. The van der Waals surface area contributed by atoms with Gasteiger partial charge in [0, 0.05) is 49.4 Å². The number of amides is 2. The molecule has 4 aromatic rings. The summed E-state index contributed by atoms with van der Waals surface area (Å²) in [5.41, 5.74) is 2.77. The Hall–Kier alpha value is -5.57. The maximum Gasteiger partial charge on any atom is 0.410 e. The van der Waals surface area contributed by atoms with Crippen molar-refractivity contribution >= 4 is 34.5 Å². The molecule has 2 amide bonds. The van der Waals surface area contributed by atoms with E-state index in [9.17, 15) is 9.59 Å². The molecule has 3 aliphatic rings. The van der Waals surface area contributed by atoms with Crippen molar-refractivity contribution in [2.75, 3.05) is 55.7 Å². The van der Waals surface area contributed by atoms with Crippen molar-refractivity contribution in [2.24, 2.45) is 0 Å². The van der Waals surface area contributed by atoms with Gasteiger partial charge in [0.2, 0.25) is 6.54 Å². The number of carbonyl (C=O) groups excluding carboxylic acids is 2. The Labute approximate surface area is 317 Å². The molecule has 282 valence electrons. The number of aromatic nitrogens is 2. The van der Waals surface area contributed by atoms with E-state index in [-0.39, 0.29) is 37.9 Å². The lowest BCUT2D eigenvalue weighted by atomic mass is 10.0. The van der Waals surface area contributed by atoms with E-state index in [2.05, 4.69) is 57.1 Å². The summed E-state index contributed by atoms with van der Waals surface area (Å²) in [6.45, 7) is 19.1. The molecule has 12 heteroatoms. The van der Waals surface area contributed by atoms with Crippen LogP contribution in [0.15, 0.2) is 72.8 Å². The zero-order chi connectivity index (χ0) is 37.9. The van der Waals surface area contributed by atoms with Crippen LogP contribution in [-0.4, -0.2) is 95.0 Å². The van der Waals surface area contributed by atoms with Crippen LogP contribution in [0.1, 0.15) is 57.4 Å². The quantitative estimate of drug-likeness (QED) is 0.176. The van der Waals surface area contributed by atoms with Crippen molar-refractivity contribution < 1.29 is 23.8 Å². The molecule has 54 heavy (non-hydrogen) atoms. The summed E-state index contributed by atoms with van der Waals surface area (Å²) < 4.78 is 17.9. The third-order valence-corrected chi connectivity index (χ3v) is 10.5. The number of nitrogens with zero attached hydrogens (tertiary/aromatic N) is 7. The van der Waals surface area contributed by atoms with Crippen LogP contribution in [0.5, 0.6) is 6.01 Å². The van der Waals surface area contributed by atoms with E-state index in [1.165, 1.54) is 10.8 Å². The van der Waals surface area contributed by atoms with Gasteiger partial charge in [0.05, 0.1) is 17.8 Å². The molecule has 0 N–H and O–H groups in total. The van der Waals surface area contributed by atoms with Crippen LogP contribution >= 0.6 is 0 Å². The largest absolute Gasteiger partial charge is 0.461 e. The van der Waals surface area contributed by atoms with Gasteiger partial charge in [-0.3, -0.25) is 9.80 Å². The minimum absolute atomic E-state index is 0.140. The summed E-state index contributed by atoms with van der Waals surface area (Å²) in [6.07, 6.45) is 1.54. The van der Waals surface area contributed by atoms with Crippen molar-refractivity contribution in [3.63, 3.8) is 0 Å². The lowest BCUT2D eigenvalue weighted by molar-refractivity contribution is 0.00162. The molecule has 1 aromatic heterocycles. The molecule has 0 radical (unpaired) electrons. The normalized spacial score (nSPS) is 20.0. The van der Waals surface area contributed by atoms with Gasteiger partial charge in [0.1, 0.15) is 30.7 Å². The Morgan fingerprint density at radius 3 is 2.50 bits per heavy atom. The molecule has 2 atom stereocenters. The third kappa shape index (κ3) is 8.00. The number of likely N-dealkylation sites (tertiary alicyclic amines) is 1. The van der Waals surface area contributed by atoms with Gasteiger partial charge in [-0.15, -0.1) is 0 Å². The summed E-state index contributed by atoms with van der Waals surface area (Å²) in [4.78, 5) is 48.3. The van der Waals surface area contributed by atoms with Crippen LogP contribution in [0.3, 0.4) is 0 Å². The van der Waals surface area contributed by atoms with Gasteiger partial charge in [-0.05, 0) is 64.0 Å². The first-order valence-electron chi connectivity index (χ1n) is 18.8. The van der Waals surface area contributed by atoms with Crippen LogP contribution in [0.25, 0.3) is 15.6 Å². The van der Waals surface area contributed by atoms with Gasteiger partial charge in [-0.2, -0.15) is 9.97 Å². The second-order valence-corrected chi connectivity index (χ2v) is 15.6. The van der Waals surface area contributed by atoms with E-state index in [4.69, 9.17) is 30.8 Å². The molecule has 0 bridgehead atoms. The molecule has 12 nitrogen and oxygen atoms in total. The first-order valence-corrected chi connectivity index (χ1v) is 18.8. The number of benzene rings is 3. The van der Waals surface area contributed by atoms with Gasteiger partial charge in [-0.25, -0.2) is 16.2 Å². The predicted molar refractivity (Wildman–Crippen MR) is 208 cm³/mol. The summed E-state index contributed by atoms with van der Waals surface area (Å²) in [6, 6.07) is 24.2. The lowest BCUT2D eigenvalue weighted by Gasteiger charge is -2.41. The number of hydrogen-bond donors (Lipinski definition) is 0. The maximum absolute atomic E-state index is 13.3. The van der Waals surface area contributed by atoms with E-state index in [0.717, 1.165) is 47.7 Å². The van der Waals surface area contributed by atoms with Crippen LogP contribution in [0.4, 0.5) is 21.1 Å². The summed E-state index contributed by atoms with van der Waals surface area (Å²) in [5, 5.41) is 2.36. The molecule has 7 rings (SSSR count). The van der Waals surface area contributed by atoms with Crippen molar-refractivity contribution in [3.05, 3.63) is 101 Å². The summed E-state index contributed by atoms with van der Waals surface area (Å²) in [7, 11) is 0. The van der Waals surface area contributed by atoms with Crippen molar-refractivity contribution in [3.8, 4) is 6.01 Å². The Kier molecular flexibility index (Phi) is 10.5. The van der Waals surface area contributed by atoms with Crippen LogP contribution in [-0.2, 0) is 29.0 Å². The second-order valence-electron chi connectivity index (χ2n) is 15.6. The van der Waals surface area contributed by atoms with Crippen molar-refractivity contribution in [1.29, 1.82) is 0 Å². The van der Waals surface area contributed by atoms with Crippen molar-refractivity contribution in [2.45, 2.75) is 77.3 Å². The lowest BCUT2D eigenvalue weighted by Crippen LogP contribution is -2.57. The van der Waals surface area contributed by atoms with Crippen LogP contribution in [0, 0.1) is 6.57 Å². The Balaban J connectivity index is 1.16. The highest BCUT2D eigenvalue weighted by atomic mass is 16.6. The molecule has 0 spiro atoms. The fourth-order valence-corrected chi connectivity index (χ4v) is 7.78. The topological polar surface area (TPSA) is 105 Å². The number of anilines is 2. The highest BCUT2D eigenvalue weighted by molar-refractivity contribution is 5.94. The number of piperazine rings is 1. The monoisotopic (exact) mass is 731 g/mol. The Morgan fingerprint density at radius 1 is 0.926 bits per heavy atom. The predicted octanol–water partition coefficient (Wildman–Crippen LogP) is 7.11. The second kappa shape index (κ2) is 15.4. The standard InChI is InChI=1S/C42H49N7O5/c1-41(2,3)54-40(51)49-21-12-20-42(49,4)29-53-38-44-35-27-46(36-18-11-16-31-15-9-10-17-33(31)36)22-19-34(35)37(45-38)47-23-24-48(32(26-47)25-43-5)39(50)52-28-30-13-7-6-8-14-30/h6-11,13-18,32H,12,19-29H2,1-4H3/t32?,42-/m0/s1. The first-order chi connectivity index (χ1) is 26.0. The molecular weight excluding hydrogens is 683 g/mol. The molecule has 2 fully saturated rings. The van der Waals surface area contributed by atoms with Crippen LogP contribution < -0.4 is 14.5 Å². The summed E-state index contributed by atoms with van der Waals surface area (Å²) >= 11 is 0. The van der Waals surface area contributed by atoms with Gasteiger partial charge in [0.15, 0.2) is 0 Å². The minimum atomic E-state index is -0.609. The number of fused-ring (bicyclic) bond motifs is 2. The molecule has 3 aliphatic heterocycles. The highest BCUT2D eigenvalue weighted by Gasteiger charge is 2.43. The number of hydrogen-bond acceptors (Lipinski definition) is 9. The fourth-order valence-electron chi connectivity index (χ4n) is 7.78. The molecule has 3 aromatic carbocycles. The molecular formula is C42H49N7O5. The van der Waals surface area contributed by atoms with Gasteiger partial charge < -0.3 is 28.9 Å². The third-order valence-electron chi connectivity index (χ3n) is 10.5. The first kappa shape index (κ1) is 36.8. The number of carbonyl (C=O) groups is 2. The number of ether oxygens (including phenoxy) is 3. The Bertz CT molecular complexity index is 2020. The van der Waals surface area contributed by atoms with Crippen molar-refractivity contribution in [1.82, 2.24) is 19.8 Å². The zero-order valence-corrected chi connectivity index (χ0v) is 31.7. The molecule has 2 saturated heterocycles. The van der Waals surface area contributed by atoms with Gasteiger partial charge >= 0.3 is 18.2 Å². The maximum atomic E-state index is 13.3. The average Bonchev–Trinajstić information content (AvgIpc) is 3.57. The Morgan fingerprint density at radius 2 is 1.70 bits per heavy atom. The van der Waals surface area contributed by atoms with Gasteiger partial charge in [-0.1, -0.05) is 66.7 Å².